The van der Waals surface area contributed by atoms with E-state index >= 15 is 0 Å². The first kappa shape index (κ1) is 24.5. The predicted molar refractivity (Wildman–Crippen MR) is 130 cm³/mol. The van der Waals surface area contributed by atoms with Crippen LogP contribution in [0.3, 0.4) is 0 Å². The van der Waals surface area contributed by atoms with E-state index in [-0.39, 0.29) is 17.5 Å². The summed E-state index contributed by atoms with van der Waals surface area (Å²) in [5.74, 6) is 0.0366. The highest BCUT2D eigenvalue weighted by molar-refractivity contribution is 5.85. The first-order chi connectivity index (χ1) is 16.0. The van der Waals surface area contributed by atoms with Crippen molar-refractivity contribution in [3.63, 3.8) is 0 Å². The fraction of sp³-hybridized carbons (Fsp3) is 0.480. The second kappa shape index (κ2) is 12.2. The zero-order valence-electron chi connectivity index (χ0n) is 19.5. The number of nitro groups is 1. The molecule has 33 heavy (non-hydrogen) atoms. The summed E-state index contributed by atoms with van der Waals surface area (Å²) in [4.78, 5) is 30.2. The first-order valence-electron chi connectivity index (χ1n) is 11.8. The van der Waals surface area contributed by atoms with Crippen LogP contribution in [0, 0.1) is 23.0 Å². The Bertz CT molecular complexity index is 913. The van der Waals surface area contributed by atoms with Crippen LogP contribution in [-0.4, -0.2) is 23.4 Å². The third-order valence-corrected chi connectivity index (χ3v) is 6.16. The Hall–Kier alpha value is -3.13. The lowest BCUT2D eigenvalue weighted by molar-refractivity contribution is -0.384. The first-order valence-corrected chi connectivity index (χ1v) is 11.8. The van der Waals surface area contributed by atoms with Gasteiger partial charge in [0.25, 0.3) is 5.69 Å². The van der Waals surface area contributed by atoms with Gasteiger partial charge in [-0.3, -0.25) is 14.9 Å². The normalized spacial score (nSPS) is 15.0. The number of non-ortho nitro benzene ring substituents is 1. The van der Waals surface area contributed by atoms with Gasteiger partial charge in [0.1, 0.15) is 6.04 Å². The van der Waals surface area contributed by atoms with Gasteiger partial charge in [-0.25, -0.2) is 10.5 Å². The van der Waals surface area contributed by atoms with Crippen molar-refractivity contribution >= 4 is 23.0 Å². The number of para-hydroxylation sites is 1. The zero-order chi connectivity index (χ0) is 23.6. The number of anilines is 2. The van der Waals surface area contributed by atoms with Crippen molar-refractivity contribution in [1.82, 2.24) is 5.32 Å². The molecule has 0 heterocycles. The fourth-order valence-corrected chi connectivity index (χ4v) is 4.23. The molecule has 0 spiro atoms. The van der Waals surface area contributed by atoms with E-state index in [9.17, 15) is 14.9 Å². The molecule has 0 radical (unpaired) electrons. The number of unbranched alkanes of at least 4 members (excludes halogenated alkanes) is 1. The Labute approximate surface area is 195 Å². The summed E-state index contributed by atoms with van der Waals surface area (Å²) in [5.41, 5.74) is 5.37. The Balaban J connectivity index is 1.93. The quantitative estimate of drug-likeness (QED) is 0.263. The summed E-state index contributed by atoms with van der Waals surface area (Å²) in [6.07, 6.45) is 7.08. The Morgan fingerprint density at radius 3 is 2.48 bits per heavy atom. The van der Waals surface area contributed by atoms with Crippen LogP contribution >= 0.6 is 0 Å². The van der Waals surface area contributed by atoms with Crippen LogP contribution in [0.1, 0.15) is 57.4 Å². The fourth-order valence-electron chi connectivity index (χ4n) is 4.23. The van der Waals surface area contributed by atoms with Crippen molar-refractivity contribution in [3.8, 4) is 0 Å². The highest BCUT2D eigenvalue weighted by Crippen LogP contribution is 2.33. The molecule has 2 N–H and O–H groups in total. The van der Waals surface area contributed by atoms with Crippen molar-refractivity contribution < 1.29 is 14.7 Å². The van der Waals surface area contributed by atoms with Gasteiger partial charge in [-0.05, 0) is 55.9 Å². The van der Waals surface area contributed by atoms with Crippen molar-refractivity contribution in [2.75, 3.05) is 17.1 Å². The largest absolute Gasteiger partial charge is 0.354 e. The van der Waals surface area contributed by atoms with E-state index < -0.39 is 11.0 Å². The number of amides is 1. The molecular formula is C25H34N4O4. The van der Waals surface area contributed by atoms with E-state index in [4.69, 9.17) is 4.94 Å². The summed E-state index contributed by atoms with van der Waals surface area (Å²) < 4.78 is 0. The molecule has 2 aromatic carbocycles. The predicted octanol–water partition coefficient (Wildman–Crippen LogP) is 5.53. The van der Waals surface area contributed by atoms with Crippen LogP contribution in [0.2, 0.25) is 0 Å². The number of aryl methyl sites for hydroxylation is 1. The number of hydrogen-bond donors (Lipinski definition) is 2. The Kier molecular flexibility index (Phi) is 9.06. The molecule has 1 atom stereocenters. The smallest absolute Gasteiger partial charge is 0.269 e. The van der Waals surface area contributed by atoms with Crippen molar-refractivity contribution in [2.45, 2.75) is 64.8 Å². The molecule has 0 saturated heterocycles. The van der Waals surface area contributed by atoms with Gasteiger partial charge < -0.3 is 5.32 Å². The molecule has 0 aromatic heterocycles. The highest BCUT2D eigenvalue weighted by Gasteiger charge is 2.36. The number of nitrogens with zero attached hydrogens (tertiary/aromatic N) is 2. The van der Waals surface area contributed by atoms with Crippen LogP contribution in [0.4, 0.5) is 17.1 Å². The van der Waals surface area contributed by atoms with E-state index in [2.05, 4.69) is 17.7 Å². The number of nitrogens with one attached hydrogen (secondary N) is 2. The molecule has 1 saturated carbocycles. The minimum atomic E-state index is -0.555. The van der Waals surface area contributed by atoms with Gasteiger partial charge in [0.15, 0.2) is 0 Å². The number of carbonyl (C=O) groups excluding carboxylic acids is 1. The minimum Gasteiger partial charge on any atom is -0.354 e. The number of rotatable bonds is 11. The van der Waals surface area contributed by atoms with Gasteiger partial charge in [0.2, 0.25) is 5.91 Å². The maximum Gasteiger partial charge on any atom is 0.269 e. The highest BCUT2D eigenvalue weighted by atomic mass is 16.8. The second-order valence-corrected chi connectivity index (χ2v) is 8.60. The maximum atomic E-state index is 13.4. The van der Waals surface area contributed by atoms with E-state index in [1.807, 2.05) is 31.2 Å². The average molecular weight is 455 g/mol. The number of carbonyl (C=O) groups is 1. The van der Waals surface area contributed by atoms with Crippen molar-refractivity contribution in [1.29, 1.82) is 0 Å². The summed E-state index contributed by atoms with van der Waals surface area (Å²) in [7, 11) is 0. The van der Waals surface area contributed by atoms with Gasteiger partial charge in [0.05, 0.1) is 16.3 Å². The summed E-state index contributed by atoms with van der Waals surface area (Å²) in [5, 5.41) is 15.8. The van der Waals surface area contributed by atoms with Crippen LogP contribution < -0.4 is 15.9 Å². The zero-order valence-corrected chi connectivity index (χ0v) is 19.5. The maximum absolute atomic E-state index is 13.4. The molecular weight excluding hydrogens is 420 g/mol. The van der Waals surface area contributed by atoms with E-state index in [1.54, 1.807) is 17.2 Å². The van der Waals surface area contributed by atoms with Crippen molar-refractivity contribution in [2.24, 2.45) is 5.92 Å². The number of hydroxylamine groups is 1. The molecule has 2 aromatic rings. The van der Waals surface area contributed by atoms with Crippen LogP contribution in [0.15, 0.2) is 48.5 Å². The van der Waals surface area contributed by atoms with Crippen LogP contribution in [-0.2, 0) is 9.73 Å². The molecule has 8 nitrogen and oxygen atoms in total. The van der Waals surface area contributed by atoms with Gasteiger partial charge in [-0.1, -0.05) is 50.8 Å². The second-order valence-electron chi connectivity index (χ2n) is 8.60. The molecule has 1 aliphatic rings. The molecule has 8 heteroatoms. The molecule has 0 aliphatic heterocycles. The molecule has 0 bridgehead atoms. The third kappa shape index (κ3) is 6.68. The summed E-state index contributed by atoms with van der Waals surface area (Å²) in [6.45, 7) is 4.67. The van der Waals surface area contributed by atoms with Crippen LogP contribution in [0.25, 0.3) is 0 Å². The van der Waals surface area contributed by atoms with Gasteiger partial charge in [0, 0.05) is 18.7 Å². The molecule has 3 rings (SSSR count). The molecule has 1 amide bonds. The summed E-state index contributed by atoms with van der Waals surface area (Å²) >= 11 is 0. The van der Waals surface area contributed by atoms with Gasteiger partial charge in [-0.15, -0.1) is 0 Å². The summed E-state index contributed by atoms with van der Waals surface area (Å²) in [6, 6.07) is 13.3. The lowest BCUT2D eigenvalue weighted by Gasteiger charge is -2.37. The Morgan fingerprint density at radius 1 is 1.15 bits per heavy atom. The Morgan fingerprint density at radius 2 is 1.85 bits per heavy atom. The SMILES string of the molecule is CCCCNC(=O)C(C1CCCCC1)N(ONc1ccccc1C)c1ccc([N+](=O)[O-])cc1. The van der Waals surface area contributed by atoms with Crippen LogP contribution in [0.5, 0.6) is 0 Å². The molecule has 1 aliphatic carbocycles. The molecule has 178 valence electrons. The minimum absolute atomic E-state index is 0.00724. The standard InChI is InChI=1S/C25H34N4O4/c1-3-4-18-26-25(30)24(20-11-6-5-7-12-20)28(21-14-16-22(17-15-21)29(31)32)33-27-23-13-9-8-10-19(23)2/h8-10,13-17,20,24,27H,3-7,11-12,18H2,1-2H3,(H,26,30). The van der Waals surface area contributed by atoms with Gasteiger partial charge >= 0.3 is 0 Å². The molecule has 1 fully saturated rings. The van der Waals surface area contributed by atoms with E-state index in [0.717, 1.165) is 49.8 Å². The lowest BCUT2D eigenvalue weighted by atomic mass is 9.83. The van der Waals surface area contributed by atoms with E-state index in [1.165, 1.54) is 18.6 Å². The lowest BCUT2D eigenvalue weighted by Crippen LogP contribution is -2.52. The topological polar surface area (TPSA) is 96.7 Å². The number of benzene rings is 2. The van der Waals surface area contributed by atoms with E-state index in [0.29, 0.717) is 12.2 Å². The number of nitro benzene ring substituents is 1. The average Bonchev–Trinajstić information content (AvgIpc) is 2.83. The monoisotopic (exact) mass is 454 g/mol. The molecule has 1 unspecified atom stereocenters. The van der Waals surface area contributed by atoms with Crippen molar-refractivity contribution in [3.05, 3.63) is 64.2 Å². The third-order valence-electron chi connectivity index (χ3n) is 6.16. The van der Waals surface area contributed by atoms with Gasteiger partial charge in [-0.2, -0.15) is 4.94 Å². The number of hydrogen-bond acceptors (Lipinski definition) is 6.